The van der Waals surface area contributed by atoms with E-state index in [1.807, 2.05) is 59.2 Å². The average Bonchev–Trinajstić information content (AvgIpc) is 3.64. The van der Waals surface area contributed by atoms with Crippen molar-refractivity contribution >= 4 is 46.9 Å². The Morgan fingerprint density at radius 3 is 2.25 bits per heavy atom. The van der Waals surface area contributed by atoms with Crippen LogP contribution in [0.25, 0.3) is 17.4 Å². The number of para-hydroxylation sites is 2. The zero-order chi connectivity index (χ0) is 35.7. The third kappa shape index (κ3) is 8.68. The number of nitrogens with zero attached hydrogens (tertiary/aromatic N) is 2. The van der Waals surface area contributed by atoms with Gasteiger partial charge in [0.1, 0.15) is 28.8 Å². The summed E-state index contributed by atoms with van der Waals surface area (Å²) in [5.41, 5.74) is 2.18. The van der Waals surface area contributed by atoms with Crippen LogP contribution < -0.4 is 20.3 Å². The van der Waals surface area contributed by atoms with Gasteiger partial charge in [0.25, 0.3) is 11.8 Å². The monoisotopic (exact) mass is 704 g/mol. The second-order valence-electron chi connectivity index (χ2n) is 11.8. The molecule has 1 fully saturated rings. The first kappa shape index (κ1) is 35.0. The number of thioether (sulfide) groups is 1. The number of ether oxygens (including phenoxy) is 1. The van der Waals surface area contributed by atoms with Crippen LogP contribution in [0.3, 0.4) is 0 Å². The Kier molecular flexibility index (Phi) is 11.2. The van der Waals surface area contributed by atoms with Gasteiger partial charge in [0.15, 0.2) is 0 Å². The molecule has 1 aromatic heterocycles. The van der Waals surface area contributed by atoms with Gasteiger partial charge < -0.3 is 29.6 Å². The summed E-state index contributed by atoms with van der Waals surface area (Å²) in [5.74, 6) is 0.285. The predicted molar refractivity (Wildman–Crippen MR) is 198 cm³/mol. The number of nitrogens with one attached hydrogen (secondary N) is 2. The molecule has 3 amide bonds. The van der Waals surface area contributed by atoms with E-state index in [-0.39, 0.29) is 22.7 Å². The van der Waals surface area contributed by atoms with E-state index in [9.17, 15) is 18.8 Å². The zero-order valence-corrected chi connectivity index (χ0v) is 29.0. The summed E-state index contributed by atoms with van der Waals surface area (Å²) < 4.78 is 25.7. The number of amides is 3. The minimum Gasteiger partial charge on any atom is -0.496 e. The number of halogens is 1. The van der Waals surface area contributed by atoms with E-state index >= 15 is 0 Å². The van der Waals surface area contributed by atoms with E-state index < -0.39 is 11.8 Å². The van der Waals surface area contributed by atoms with Gasteiger partial charge in [-0.1, -0.05) is 42.5 Å². The number of piperazine rings is 1. The normalized spacial score (nSPS) is 13.7. The summed E-state index contributed by atoms with van der Waals surface area (Å²) in [7, 11) is 1.58. The molecule has 1 atom stereocenters. The van der Waals surface area contributed by atoms with Crippen molar-refractivity contribution in [1.82, 2.24) is 10.2 Å². The van der Waals surface area contributed by atoms with Crippen LogP contribution in [0.1, 0.15) is 23.0 Å². The van der Waals surface area contributed by atoms with Crippen LogP contribution in [-0.2, 0) is 9.59 Å². The van der Waals surface area contributed by atoms with Crippen LogP contribution in [0.2, 0.25) is 0 Å². The highest BCUT2D eigenvalue weighted by atomic mass is 32.2. The molecule has 51 heavy (non-hydrogen) atoms. The summed E-state index contributed by atoms with van der Waals surface area (Å²) in [6.45, 7) is 4.01. The molecule has 0 bridgehead atoms. The van der Waals surface area contributed by atoms with E-state index in [1.54, 1.807) is 73.8 Å². The quantitative estimate of drug-likeness (QED) is 0.110. The Labute approximate surface area is 300 Å². The molecule has 11 heteroatoms. The molecule has 0 radical (unpaired) electrons. The first-order valence-corrected chi connectivity index (χ1v) is 17.3. The summed E-state index contributed by atoms with van der Waals surface area (Å²) in [5, 5.41) is 5.23. The topological polar surface area (TPSA) is 104 Å². The van der Waals surface area contributed by atoms with Gasteiger partial charge in [-0.2, -0.15) is 0 Å². The highest BCUT2D eigenvalue weighted by Crippen LogP contribution is 2.32. The molecule has 0 spiro atoms. The van der Waals surface area contributed by atoms with Gasteiger partial charge in [0.05, 0.1) is 23.6 Å². The molecule has 6 rings (SSSR count). The van der Waals surface area contributed by atoms with Crippen LogP contribution in [-0.4, -0.2) is 61.2 Å². The maximum atomic E-state index is 14.2. The third-order valence-electron chi connectivity index (χ3n) is 8.37. The number of hydrogen-bond acceptors (Lipinski definition) is 7. The summed E-state index contributed by atoms with van der Waals surface area (Å²) >= 11 is 1.42. The number of anilines is 2. The fraction of sp³-hybridized carbons (Fsp3) is 0.175. The van der Waals surface area contributed by atoms with Crippen molar-refractivity contribution in [2.24, 2.45) is 0 Å². The molecule has 5 aromatic rings. The Bertz CT molecular complexity index is 2020. The Hall–Kier alpha value is -5.81. The molecule has 1 saturated heterocycles. The molecule has 1 aliphatic heterocycles. The van der Waals surface area contributed by atoms with E-state index in [1.165, 1.54) is 23.9 Å². The maximum absolute atomic E-state index is 14.2. The van der Waals surface area contributed by atoms with E-state index in [0.29, 0.717) is 60.4 Å². The Morgan fingerprint density at radius 1 is 0.843 bits per heavy atom. The number of furan rings is 1. The fourth-order valence-corrected chi connectivity index (χ4v) is 6.66. The van der Waals surface area contributed by atoms with Gasteiger partial charge >= 0.3 is 0 Å². The van der Waals surface area contributed by atoms with Crippen molar-refractivity contribution in [3.8, 4) is 17.1 Å². The minimum absolute atomic E-state index is 0.0151. The van der Waals surface area contributed by atoms with Gasteiger partial charge in [-0.3, -0.25) is 14.4 Å². The standard InChI is InChI=1S/C40H37FN4O5S/c1-27(40(48)45-24-22-44(23-25-45)35-14-8-7-13-33(35)41)51-31-19-16-29(17-20-31)42-39(47)34(43-38(46)28-10-4-3-5-11-28)26-30-18-21-37(50-30)32-12-6-9-15-36(32)49-2/h3-21,26-27H,22-25H2,1-2H3,(H,42,47)(H,43,46). The fourth-order valence-electron chi connectivity index (χ4n) is 5.71. The number of methoxy groups -OCH3 is 1. The third-order valence-corrected chi connectivity index (χ3v) is 9.47. The largest absolute Gasteiger partial charge is 0.496 e. The van der Waals surface area contributed by atoms with Crippen molar-refractivity contribution in [3.05, 3.63) is 138 Å². The molecule has 1 aliphatic rings. The van der Waals surface area contributed by atoms with Gasteiger partial charge in [-0.25, -0.2) is 4.39 Å². The van der Waals surface area contributed by atoms with Gasteiger partial charge in [-0.05, 0) is 79.7 Å². The van der Waals surface area contributed by atoms with E-state index in [0.717, 1.165) is 10.5 Å². The molecule has 9 nitrogen and oxygen atoms in total. The summed E-state index contributed by atoms with van der Waals surface area (Å²) in [6.07, 6.45) is 1.47. The first-order chi connectivity index (χ1) is 24.8. The number of carbonyl (C=O) groups excluding carboxylic acids is 3. The van der Waals surface area contributed by atoms with Crippen LogP contribution in [0.4, 0.5) is 15.8 Å². The lowest BCUT2D eigenvalue weighted by molar-refractivity contribution is -0.130. The zero-order valence-electron chi connectivity index (χ0n) is 28.2. The van der Waals surface area contributed by atoms with E-state index in [4.69, 9.17) is 9.15 Å². The van der Waals surface area contributed by atoms with Crippen molar-refractivity contribution in [2.75, 3.05) is 43.5 Å². The van der Waals surface area contributed by atoms with Crippen LogP contribution in [0.5, 0.6) is 5.75 Å². The molecular weight excluding hydrogens is 668 g/mol. The highest BCUT2D eigenvalue weighted by Gasteiger charge is 2.26. The second kappa shape index (κ2) is 16.3. The van der Waals surface area contributed by atoms with E-state index in [2.05, 4.69) is 10.6 Å². The van der Waals surface area contributed by atoms with Crippen LogP contribution in [0.15, 0.2) is 130 Å². The lowest BCUT2D eigenvalue weighted by atomic mass is 10.1. The summed E-state index contributed by atoms with van der Waals surface area (Å²) in [4.78, 5) is 44.6. The number of carbonyl (C=O) groups is 3. The number of rotatable bonds is 11. The lowest BCUT2D eigenvalue weighted by Gasteiger charge is -2.37. The van der Waals surface area contributed by atoms with Crippen molar-refractivity contribution in [1.29, 1.82) is 0 Å². The minimum atomic E-state index is -0.548. The molecular formula is C40H37FN4O5S. The Morgan fingerprint density at radius 2 is 1.53 bits per heavy atom. The van der Waals surface area contributed by atoms with Crippen LogP contribution in [0, 0.1) is 5.82 Å². The predicted octanol–water partition coefficient (Wildman–Crippen LogP) is 7.33. The van der Waals surface area contributed by atoms with Crippen LogP contribution >= 0.6 is 11.8 Å². The van der Waals surface area contributed by atoms with Gasteiger partial charge in [0.2, 0.25) is 5.91 Å². The lowest BCUT2D eigenvalue weighted by Crippen LogP contribution is -2.50. The molecule has 2 heterocycles. The molecule has 2 N–H and O–H groups in total. The van der Waals surface area contributed by atoms with Crippen molar-refractivity contribution < 1.29 is 27.9 Å². The highest BCUT2D eigenvalue weighted by molar-refractivity contribution is 8.00. The smallest absolute Gasteiger partial charge is 0.272 e. The molecule has 260 valence electrons. The van der Waals surface area contributed by atoms with Crippen molar-refractivity contribution in [3.63, 3.8) is 0 Å². The molecule has 0 saturated carbocycles. The molecule has 1 unspecified atom stereocenters. The molecule has 4 aromatic carbocycles. The first-order valence-electron chi connectivity index (χ1n) is 16.5. The SMILES string of the molecule is COc1ccccc1-c1ccc(C=C(NC(=O)c2ccccc2)C(=O)Nc2ccc(SC(C)C(=O)N3CCN(c4ccccc4F)CC3)cc2)o1. The molecule has 0 aliphatic carbocycles. The number of hydrogen-bond donors (Lipinski definition) is 2. The average molecular weight is 705 g/mol. The maximum Gasteiger partial charge on any atom is 0.272 e. The summed E-state index contributed by atoms with van der Waals surface area (Å²) in [6, 6.07) is 33.3. The van der Waals surface area contributed by atoms with Gasteiger partial charge in [-0.15, -0.1) is 11.8 Å². The Balaban J connectivity index is 1.10. The van der Waals surface area contributed by atoms with Crippen molar-refractivity contribution in [2.45, 2.75) is 17.1 Å². The second-order valence-corrected chi connectivity index (χ2v) is 13.2. The van der Waals surface area contributed by atoms with Gasteiger partial charge in [0, 0.05) is 48.4 Å². The number of benzene rings is 4.